The van der Waals surface area contributed by atoms with E-state index in [1.54, 1.807) is 30.3 Å². The van der Waals surface area contributed by atoms with Gasteiger partial charge in [-0.2, -0.15) is 4.31 Å². The van der Waals surface area contributed by atoms with Crippen LogP contribution in [-0.2, 0) is 21.2 Å². The van der Waals surface area contributed by atoms with Crippen LogP contribution in [0.2, 0.25) is 5.02 Å². The number of hydrogen-bond donors (Lipinski definition) is 0. The minimum Gasteiger partial charge on any atom is -0.497 e. The first-order chi connectivity index (χ1) is 19.1. The molecule has 3 heterocycles. The SMILES string of the molecule is COc1ccc([C@@H]2c3ccsc3CCN2CC(=O)N2CCN(S(=O)(=O)c3ccc(Cl)c([N+](=O)[O-])c3)[C@@H](C)C2)cc1. The molecule has 2 aromatic carbocycles. The molecule has 0 saturated carbocycles. The molecule has 2 atom stereocenters. The Labute approximate surface area is 241 Å². The summed E-state index contributed by atoms with van der Waals surface area (Å²) in [5.41, 5.74) is 1.82. The number of ether oxygens (including phenoxy) is 1. The van der Waals surface area contributed by atoms with Crippen molar-refractivity contribution < 1.29 is 22.9 Å². The van der Waals surface area contributed by atoms with Gasteiger partial charge in [-0.25, -0.2) is 8.42 Å². The highest BCUT2D eigenvalue weighted by atomic mass is 35.5. The first-order valence-electron chi connectivity index (χ1n) is 12.8. The van der Waals surface area contributed by atoms with Crippen LogP contribution >= 0.6 is 22.9 Å². The molecule has 0 N–H and O–H groups in total. The Morgan fingerprint density at radius 1 is 1.15 bits per heavy atom. The van der Waals surface area contributed by atoms with Gasteiger partial charge < -0.3 is 9.64 Å². The second-order valence-corrected chi connectivity index (χ2v) is 13.2. The summed E-state index contributed by atoms with van der Waals surface area (Å²) in [7, 11) is -2.40. The molecule has 1 aromatic heterocycles. The normalized spacial score (nSPS) is 20.2. The predicted octanol–water partition coefficient (Wildman–Crippen LogP) is 4.19. The van der Waals surface area contributed by atoms with Crippen molar-refractivity contribution in [2.45, 2.75) is 30.3 Å². The van der Waals surface area contributed by atoms with E-state index in [4.69, 9.17) is 16.3 Å². The number of carbonyl (C=O) groups is 1. The van der Waals surface area contributed by atoms with Gasteiger partial charge in [0.1, 0.15) is 10.8 Å². The largest absolute Gasteiger partial charge is 0.497 e. The van der Waals surface area contributed by atoms with E-state index in [0.29, 0.717) is 0 Å². The van der Waals surface area contributed by atoms with Crippen LogP contribution in [0.1, 0.15) is 29.0 Å². The quantitative estimate of drug-likeness (QED) is 0.293. The number of benzene rings is 2. The molecule has 2 aliphatic rings. The summed E-state index contributed by atoms with van der Waals surface area (Å²) < 4.78 is 33.3. The summed E-state index contributed by atoms with van der Waals surface area (Å²) in [5, 5.41) is 13.2. The molecule has 40 heavy (non-hydrogen) atoms. The highest BCUT2D eigenvalue weighted by molar-refractivity contribution is 7.89. The lowest BCUT2D eigenvalue weighted by Crippen LogP contribution is -2.57. The standard InChI is InChI=1S/C27H29ClN4O6S2/c1-18-16-29(12-13-31(18)40(36,37)21-7-8-23(28)24(15-21)32(34)35)26(33)17-30-11-9-25-22(10-14-39-25)27(30)19-3-5-20(38-2)6-4-19/h3-8,10,14-15,18,27H,9,11-13,16-17H2,1-2H3/t18-,27+/m0/s1. The third kappa shape index (κ3) is 5.46. The lowest BCUT2D eigenvalue weighted by molar-refractivity contribution is -0.384. The molecule has 1 amide bonds. The molecule has 0 radical (unpaired) electrons. The van der Waals surface area contributed by atoms with E-state index in [0.717, 1.165) is 30.3 Å². The molecule has 3 aromatic rings. The smallest absolute Gasteiger partial charge is 0.289 e. The fraction of sp³-hybridized carbons (Fsp3) is 0.370. The Balaban J connectivity index is 1.30. The number of thiophene rings is 1. The maximum absolute atomic E-state index is 13.5. The minimum absolute atomic E-state index is 0.0651. The molecule has 1 saturated heterocycles. The highest BCUT2D eigenvalue weighted by Gasteiger charge is 2.38. The van der Waals surface area contributed by atoms with Crippen molar-refractivity contribution in [3.05, 3.63) is 85.1 Å². The van der Waals surface area contributed by atoms with Gasteiger partial charge in [0.15, 0.2) is 0 Å². The molecule has 0 unspecified atom stereocenters. The molecular weight excluding hydrogens is 576 g/mol. The van der Waals surface area contributed by atoms with Crippen molar-refractivity contribution in [2.24, 2.45) is 0 Å². The van der Waals surface area contributed by atoms with Gasteiger partial charge >= 0.3 is 0 Å². The number of amides is 1. The predicted molar refractivity (Wildman–Crippen MR) is 152 cm³/mol. The number of fused-ring (bicyclic) bond motifs is 1. The van der Waals surface area contributed by atoms with Crippen LogP contribution in [0.5, 0.6) is 5.75 Å². The maximum Gasteiger partial charge on any atom is 0.289 e. The monoisotopic (exact) mass is 604 g/mol. The van der Waals surface area contributed by atoms with Crippen LogP contribution in [0.15, 0.2) is 58.8 Å². The van der Waals surface area contributed by atoms with Gasteiger partial charge in [0.25, 0.3) is 5.69 Å². The van der Waals surface area contributed by atoms with Crippen LogP contribution in [0, 0.1) is 10.1 Å². The maximum atomic E-state index is 13.5. The van der Waals surface area contributed by atoms with Gasteiger partial charge in [0, 0.05) is 43.2 Å². The fourth-order valence-corrected chi connectivity index (χ4v) is 8.17. The number of piperazine rings is 1. The Bertz CT molecular complexity index is 1530. The second-order valence-electron chi connectivity index (χ2n) is 9.87. The van der Waals surface area contributed by atoms with E-state index in [-0.39, 0.29) is 48.0 Å². The van der Waals surface area contributed by atoms with Gasteiger partial charge in [-0.05, 0) is 60.2 Å². The number of sulfonamides is 1. The van der Waals surface area contributed by atoms with Crippen LogP contribution in [-0.4, -0.2) is 79.2 Å². The zero-order valence-electron chi connectivity index (χ0n) is 22.0. The number of rotatable bonds is 7. The first kappa shape index (κ1) is 28.5. The topological polar surface area (TPSA) is 113 Å². The molecule has 13 heteroatoms. The Morgan fingerprint density at radius 3 is 2.58 bits per heavy atom. The number of carbonyl (C=O) groups excluding carboxylic acids is 1. The number of halogens is 1. The molecule has 0 bridgehead atoms. The Hall–Kier alpha value is -3.03. The van der Waals surface area contributed by atoms with E-state index in [1.165, 1.54) is 26.9 Å². The second kappa shape index (κ2) is 11.5. The summed E-state index contributed by atoms with van der Waals surface area (Å²) in [4.78, 5) is 29.1. The fourth-order valence-electron chi connectivity index (χ4n) is 5.44. The number of methoxy groups -OCH3 is 1. The van der Waals surface area contributed by atoms with Crippen molar-refractivity contribution in [1.29, 1.82) is 0 Å². The van der Waals surface area contributed by atoms with E-state index in [1.807, 2.05) is 24.3 Å². The summed E-state index contributed by atoms with van der Waals surface area (Å²) in [6.07, 6.45) is 0.864. The van der Waals surface area contributed by atoms with Crippen molar-refractivity contribution >= 4 is 44.6 Å². The third-order valence-corrected chi connectivity index (χ3v) is 10.8. The zero-order valence-corrected chi connectivity index (χ0v) is 24.4. The van der Waals surface area contributed by atoms with Crippen molar-refractivity contribution in [3.63, 3.8) is 0 Å². The molecule has 1 fully saturated rings. The molecular formula is C27H29ClN4O6S2. The van der Waals surface area contributed by atoms with Crippen LogP contribution < -0.4 is 4.74 Å². The zero-order chi connectivity index (χ0) is 28.6. The van der Waals surface area contributed by atoms with Crippen molar-refractivity contribution in [3.8, 4) is 5.75 Å². The summed E-state index contributed by atoms with van der Waals surface area (Å²) >= 11 is 7.60. The van der Waals surface area contributed by atoms with Gasteiger partial charge in [-0.3, -0.25) is 19.8 Å². The van der Waals surface area contributed by atoms with Crippen LogP contribution in [0.3, 0.4) is 0 Å². The third-order valence-electron chi connectivity index (χ3n) is 7.48. The number of nitrogens with zero attached hydrogens (tertiary/aromatic N) is 4. The van der Waals surface area contributed by atoms with E-state index < -0.39 is 26.7 Å². The van der Waals surface area contributed by atoms with Gasteiger partial charge in [-0.1, -0.05) is 23.7 Å². The summed E-state index contributed by atoms with van der Waals surface area (Å²) in [5.74, 6) is 0.700. The summed E-state index contributed by atoms with van der Waals surface area (Å²) in [6, 6.07) is 12.9. The van der Waals surface area contributed by atoms with Crippen LogP contribution in [0.25, 0.3) is 0 Å². The number of nitro groups is 1. The van der Waals surface area contributed by atoms with Gasteiger partial charge in [0.05, 0.1) is 29.5 Å². The molecule has 212 valence electrons. The minimum atomic E-state index is -4.03. The van der Waals surface area contributed by atoms with Crippen molar-refractivity contribution in [2.75, 3.05) is 39.8 Å². The lowest BCUT2D eigenvalue weighted by Gasteiger charge is -2.41. The van der Waals surface area contributed by atoms with E-state index in [9.17, 15) is 23.3 Å². The van der Waals surface area contributed by atoms with Gasteiger partial charge in [0.2, 0.25) is 15.9 Å². The molecule has 5 rings (SSSR count). The molecule has 0 aliphatic carbocycles. The highest BCUT2D eigenvalue weighted by Crippen LogP contribution is 2.38. The molecule has 2 aliphatic heterocycles. The lowest BCUT2D eigenvalue weighted by atomic mass is 9.93. The molecule has 0 spiro atoms. The molecule has 10 nitrogen and oxygen atoms in total. The number of nitro benzene ring substituents is 1. The average molecular weight is 605 g/mol. The average Bonchev–Trinajstić information content (AvgIpc) is 3.41. The first-order valence-corrected chi connectivity index (χ1v) is 15.5. The van der Waals surface area contributed by atoms with E-state index >= 15 is 0 Å². The van der Waals surface area contributed by atoms with Gasteiger partial charge in [-0.15, -0.1) is 11.3 Å². The van der Waals surface area contributed by atoms with E-state index in [2.05, 4.69) is 16.3 Å². The summed E-state index contributed by atoms with van der Waals surface area (Å²) in [6.45, 7) is 3.20. The van der Waals surface area contributed by atoms with Crippen molar-refractivity contribution in [1.82, 2.24) is 14.1 Å². The Kier molecular flexibility index (Phi) is 8.16. The Morgan fingerprint density at radius 2 is 1.90 bits per heavy atom. The van der Waals surface area contributed by atoms with Crippen LogP contribution in [0.4, 0.5) is 5.69 Å². The number of hydrogen-bond acceptors (Lipinski definition) is 8.